The van der Waals surface area contributed by atoms with Gasteiger partial charge in [-0.1, -0.05) is 36.4 Å². The quantitative estimate of drug-likeness (QED) is 0.562. The summed E-state index contributed by atoms with van der Waals surface area (Å²) in [4.78, 5) is 2.41. The van der Waals surface area contributed by atoms with Crippen molar-refractivity contribution in [1.29, 1.82) is 0 Å². The van der Waals surface area contributed by atoms with Gasteiger partial charge in [0.1, 0.15) is 0 Å². The van der Waals surface area contributed by atoms with Gasteiger partial charge in [-0.25, -0.2) is 8.93 Å². The van der Waals surface area contributed by atoms with Crippen LogP contribution in [0.5, 0.6) is 0 Å². The van der Waals surface area contributed by atoms with Crippen molar-refractivity contribution in [3.05, 3.63) is 65.0 Å². The van der Waals surface area contributed by atoms with Crippen LogP contribution in [0.1, 0.15) is 37.3 Å². The molecule has 0 unspecified atom stereocenters. The Morgan fingerprint density at radius 1 is 1.08 bits per heavy atom. The van der Waals surface area contributed by atoms with Crippen LogP contribution in [-0.4, -0.2) is 15.2 Å². The molecule has 2 nitrogen and oxygen atoms in total. The molecule has 2 atom stereocenters. The van der Waals surface area contributed by atoms with E-state index in [0.717, 1.165) is 0 Å². The molecule has 0 aliphatic rings. The molecule has 3 aromatic rings. The second-order valence-corrected chi connectivity index (χ2v) is 10.8. The molecule has 0 aliphatic carbocycles. The van der Waals surface area contributed by atoms with Gasteiger partial charge in [0, 0.05) is 14.5 Å². The number of hydrogen-bond acceptors (Lipinski definition) is 3. The second kappa shape index (κ2) is 7.62. The maximum absolute atomic E-state index is 12.8. The molecule has 0 bridgehead atoms. The van der Waals surface area contributed by atoms with Gasteiger partial charge in [-0.2, -0.15) is 0 Å². The molecule has 1 N–H and O–H groups in total. The lowest BCUT2D eigenvalue weighted by Gasteiger charge is -2.25. The summed E-state index contributed by atoms with van der Waals surface area (Å²) in [5, 5.41) is 1.23. The fourth-order valence-corrected chi connectivity index (χ4v) is 5.28. The first kappa shape index (κ1) is 18.6. The topological polar surface area (TPSA) is 29.1 Å². The summed E-state index contributed by atoms with van der Waals surface area (Å²) in [6, 6.07) is 18.9. The van der Waals surface area contributed by atoms with Gasteiger partial charge in [0.2, 0.25) is 0 Å². The highest BCUT2D eigenvalue weighted by Gasteiger charge is 2.27. The van der Waals surface area contributed by atoms with Crippen LogP contribution < -0.4 is 4.72 Å². The van der Waals surface area contributed by atoms with Crippen molar-refractivity contribution in [2.75, 3.05) is 6.26 Å². The van der Waals surface area contributed by atoms with Gasteiger partial charge >= 0.3 is 0 Å². The first-order chi connectivity index (χ1) is 11.9. The third kappa shape index (κ3) is 4.17. The molecule has 0 fully saturated rings. The van der Waals surface area contributed by atoms with Gasteiger partial charge in [-0.3, -0.25) is 0 Å². The Balaban J connectivity index is 2.09. The molecule has 0 radical (unpaired) electrons. The number of nitrogens with one attached hydrogen (secondary N) is 1. The van der Waals surface area contributed by atoms with Crippen LogP contribution in [-0.2, 0) is 11.0 Å². The lowest BCUT2D eigenvalue weighted by Crippen LogP contribution is -2.36. The van der Waals surface area contributed by atoms with Gasteiger partial charge < -0.3 is 0 Å². The Hall–Kier alpha value is -1.14. The molecule has 0 spiro atoms. The van der Waals surface area contributed by atoms with E-state index in [2.05, 4.69) is 65.6 Å². The summed E-state index contributed by atoms with van der Waals surface area (Å²) in [6.45, 7) is 6.00. The number of thioether (sulfide) groups is 1. The highest BCUT2D eigenvalue weighted by Crippen LogP contribution is 2.37. The van der Waals surface area contributed by atoms with Crippen LogP contribution in [0.25, 0.3) is 10.1 Å². The Bertz CT molecular complexity index is 862. The predicted octanol–water partition coefficient (Wildman–Crippen LogP) is 5.76. The van der Waals surface area contributed by atoms with Crippen LogP contribution in [0.4, 0.5) is 0 Å². The number of fused-ring (bicyclic) bond motifs is 1. The molecule has 132 valence electrons. The fraction of sp³-hybridized carbons (Fsp3) is 0.300. The fourth-order valence-electron chi connectivity index (χ4n) is 2.61. The van der Waals surface area contributed by atoms with E-state index in [1.807, 2.05) is 20.8 Å². The molecular weight excluding hydrogens is 366 g/mol. The predicted molar refractivity (Wildman–Crippen MR) is 113 cm³/mol. The molecule has 0 saturated heterocycles. The third-order valence-corrected chi connectivity index (χ3v) is 7.51. The zero-order valence-corrected chi connectivity index (χ0v) is 17.4. The Morgan fingerprint density at radius 3 is 2.44 bits per heavy atom. The highest BCUT2D eigenvalue weighted by molar-refractivity contribution is 7.98. The standard InChI is InChI=1S/C20H23NOS3/c1-20(2,3)25(22)21-19(15-10-6-8-12-17(15)23-4)18-13-14-9-5-7-11-16(14)24-18/h5-13,19,21H,1-4H3/t19-,25-/m1/s1. The van der Waals surface area contributed by atoms with Crippen molar-refractivity contribution >= 4 is 44.2 Å². The summed E-state index contributed by atoms with van der Waals surface area (Å²) >= 11 is 3.49. The van der Waals surface area contributed by atoms with Gasteiger partial charge in [-0.15, -0.1) is 23.1 Å². The van der Waals surface area contributed by atoms with E-state index in [1.165, 1.54) is 25.4 Å². The van der Waals surface area contributed by atoms with Crippen LogP contribution in [0, 0.1) is 0 Å². The molecule has 1 heterocycles. The smallest absolute Gasteiger partial charge is 0.0979 e. The average Bonchev–Trinajstić information content (AvgIpc) is 3.02. The Kier molecular flexibility index (Phi) is 5.68. The first-order valence-corrected chi connectivity index (χ1v) is 11.4. The Labute approximate surface area is 160 Å². The minimum absolute atomic E-state index is 0.0823. The molecule has 0 saturated carbocycles. The van der Waals surface area contributed by atoms with Gasteiger partial charge in [-0.05, 0) is 56.2 Å². The third-order valence-electron chi connectivity index (χ3n) is 3.96. The number of rotatable bonds is 5. The molecule has 0 aliphatic heterocycles. The van der Waals surface area contributed by atoms with Crippen LogP contribution in [0.15, 0.2) is 59.5 Å². The normalized spacial score (nSPS) is 14.6. The number of thiophene rings is 1. The van der Waals surface area contributed by atoms with Crippen molar-refractivity contribution in [2.24, 2.45) is 0 Å². The molecule has 2 aromatic carbocycles. The van der Waals surface area contributed by atoms with Crippen molar-refractivity contribution in [1.82, 2.24) is 4.72 Å². The number of hydrogen-bond donors (Lipinski definition) is 1. The van der Waals surface area contributed by atoms with E-state index in [0.29, 0.717) is 0 Å². The first-order valence-electron chi connectivity index (χ1n) is 8.19. The van der Waals surface area contributed by atoms with E-state index in [-0.39, 0.29) is 10.8 Å². The van der Waals surface area contributed by atoms with Gasteiger partial charge in [0.25, 0.3) is 0 Å². The summed E-state index contributed by atoms with van der Waals surface area (Å²) in [7, 11) is -1.15. The zero-order chi connectivity index (χ0) is 18.0. The lowest BCUT2D eigenvalue weighted by molar-refractivity contribution is 0.623. The van der Waals surface area contributed by atoms with E-state index in [1.54, 1.807) is 23.1 Å². The largest absolute Gasteiger partial charge is 0.242 e. The molecule has 1 aromatic heterocycles. The summed E-state index contributed by atoms with van der Waals surface area (Å²) in [5.74, 6) is 0. The highest BCUT2D eigenvalue weighted by atomic mass is 32.2. The summed E-state index contributed by atoms with van der Waals surface area (Å²) < 4.78 is 17.2. The summed E-state index contributed by atoms with van der Waals surface area (Å²) in [5.41, 5.74) is 1.18. The Morgan fingerprint density at radius 2 is 1.76 bits per heavy atom. The second-order valence-electron chi connectivity index (χ2n) is 6.86. The maximum atomic E-state index is 12.8. The van der Waals surface area contributed by atoms with Crippen molar-refractivity contribution in [3.63, 3.8) is 0 Å². The van der Waals surface area contributed by atoms with E-state index < -0.39 is 11.0 Å². The van der Waals surface area contributed by atoms with Gasteiger partial charge in [0.05, 0.1) is 21.8 Å². The minimum Gasteiger partial charge on any atom is -0.242 e. The van der Waals surface area contributed by atoms with E-state index >= 15 is 0 Å². The van der Waals surface area contributed by atoms with Crippen LogP contribution in [0.2, 0.25) is 0 Å². The van der Waals surface area contributed by atoms with Crippen molar-refractivity contribution in [2.45, 2.75) is 36.5 Å². The SMILES string of the molecule is CSc1ccccc1[C@@H](N[S@](=O)C(C)(C)C)c1cc2ccccc2s1. The molecular formula is C20H23NOS3. The van der Waals surface area contributed by atoms with Crippen LogP contribution >= 0.6 is 23.1 Å². The van der Waals surface area contributed by atoms with Crippen LogP contribution in [0.3, 0.4) is 0 Å². The average molecular weight is 390 g/mol. The maximum Gasteiger partial charge on any atom is 0.0979 e. The summed E-state index contributed by atoms with van der Waals surface area (Å²) in [6.07, 6.45) is 2.08. The van der Waals surface area contributed by atoms with Crippen molar-refractivity contribution < 1.29 is 4.21 Å². The molecule has 3 rings (SSSR count). The molecule has 0 amide bonds. The van der Waals surface area contributed by atoms with Crippen molar-refractivity contribution in [3.8, 4) is 0 Å². The molecule has 5 heteroatoms. The monoisotopic (exact) mass is 389 g/mol. The molecule has 25 heavy (non-hydrogen) atoms. The number of benzene rings is 2. The lowest BCUT2D eigenvalue weighted by atomic mass is 10.1. The van der Waals surface area contributed by atoms with E-state index in [9.17, 15) is 4.21 Å². The minimum atomic E-state index is -1.15. The zero-order valence-electron chi connectivity index (χ0n) is 14.9. The van der Waals surface area contributed by atoms with Gasteiger partial charge in [0.15, 0.2) is 0 Å². The van der Waals surface area contributed by atoms with E-state index in [4.69, 9.17) is 0 Å².